The van der Waals surface area contributed by atoms with Crippen molar-refractivity contribution in [2.24, 2.45) is 5.73 Å². The fraction of sp³-hybridized carbons (Fsp3) is 0.400. The quantitative estimate of drug-likeness (QED) is 0.307. The van der Waals surface area contributed by atoms with E-state index in [0.717, 1.165) is 11.1 Å². The van der Waals surface area contributed by atoms with Crippen molar-refractivity contribution < 1.29 is 29.0 Å². The van der Waals surface area contributed by atoms with Crippen molar-refractivity contribution in [1.29, 1.82) is 0 Å². The van der Waals surface area contributed by atoms with E-state index in [4.69, 9.17) is 10.5 Å². The van der Waals surface area contributed by atoms with E-state index in [9.17, 15) is 24.3 Å². The minimum Gasteiger partial charge on any atom is -0.508 e. The van der Waals surface area contributed by atoms with Gasteiger partial charge < -0.3 is 31.1 Å². The highest BCUT2D eigenvalue weighted by atomic mass is 16.6. The van der Waals surface area contributed by atoms with Gasteiger partial charge in [-0.1, -0.05) is 30.3 Å². The van der Waals surface area contributed by atoms with Crippen LogP contribution in [0, 0.1) is 20.8 Å². The van der Waals surface area contributed by atoms with Gasteiger partial charge >= 0.3 is 6.09 Å². The van der Waals surface area contributed by atoms with Crippen molar-refractivity contribution in [1.82, 2.24) is 10.2 Å². The molecule has 40 heavy (non-hydrogen) atoms. The number of alkyl carbamates (subject to hydrolysis) is 1. The minimum absolute atomic E-state index is 0.0326. The molecule has 10 nitrogen and oxygen atoms in total. The van der Waals surface area contributed by atoms with E-state index in [0.29, 0.717) is 16.8 Å². The summed E-state index contributed by atoms with van der Waals surface area (Å²) in [5.41, 5.74) is 7.72. The van der Waals surface area contributed by atoms with Crippen LogP contribution < -0.4 is 16.4 Å². The number of anilines is 1. The number of aryl methyl sites for hydroxylation is 3. The van der Waals surface area contributed by atoms with Crippen molar-refractivity contribution in [2.75, 3.05) is 11.9 Å². The second kappa shape index (κ2) is 13.6. The molecule has 0 radical (unpaired) electrons. The molecular formula is C30H40N4O6. The lowest BCUT2D eigenvalue weighted by Crippen LogP contribution is -2.52. The van der Waals surface area contributed by atoms with Crippen molar-refractivity contribution in [3.8, 4) is 5.75 Å². The summed E-state index contributed by atoms with van der Waals surface area (Å²) < 4.78 is 5.33. The number of benzene rings is 2. The Labute approximate surface area is 235 Å². The Morgan fingerprint density at radius 2 is 1.70 bits per heavy atom. The molecule has 0 heterocycles. The number of phenols is 1. The van der Waals surface area contributed by atoms with E-state index in [-0.39, 0.29) is 25.1 Å². The molecule has 10 heteroatoms. The Hall–Kier alpha value is -4.34. The van der Waals surface area contributed by atoms with Gasteiger partial charge in [0, 0.05) is 18.7 Å². The first-order valence-electron chi connectivity index (χ1n) is 13.0. The summed E-state index contributed by atoms with van der Waals surface area (Å²) in [6.07, 6.45) is 0.307. The molecule has 0 saturated heterocycles. The highest BCUT2D eigenvalue weighted by Gasteiger charge is 2.36. The zero-order chi connectivity index (χ0) is 30.2. The third-order valence-electron chi connectivity index (χ3n) is 6.10. The summed E-state index contributed by atoms with van der Waals surface area (Å²) in [7, 11) is 0. The molecule has 0 aliphatic rings. The highest BCUT2D eigenvalue weighted by Crippen LogP contribution is 2.30. The van der Waals surface area contributed by atoms with E-state index in [1.807, 2.05) is 32.0 Å². The highest BCUT2D eigenvalue weighted by molar-refractivity contribution is 6.00. The summed E-state index contributed by atoms with van der Waals surface area (Å²) in [6.45, 7) is 14.1. The summed E-state index contributed by atoms with van der Waals surface area (Å²) in [4.78, 5) is 53.5. The van der Waals surface area contributed by atoms with Crippen LogP contribution in [-0.4, -0.2) is 52.0 Å². The van der Waals surface area contributed by atoms with Crippen molar-refractivity contribution in [3.05, 3.63) is 71.3 Å². The summed E-state index contributed by atoms with van der Waals surface area (Å²) in [5.74, 6) is -1.77. The number of aromatic hydroxyl groups is 1. The van der Waals surface area contributed by atoms with Gasteiger partial charge in [-0.3, -0.25) is 14.4 Å². The largest absolute Gasteiger partial charge is 0.508 e. The Bertz CT molecular complexity index is 1250. The van der Waals surface area contributed by atoms with Crippen LogP contribution in [0.4, 0.5) is 10.5 Å². The predicted molar refractivity (Wildman–Crippen MR) is 154 cm³/mol. The molecule has 2 aromatic rings. The second-order valence-electron chi connectivity index (χ2n) is 10.7. The average molecular weight is 553 g/mol. The number of nitrogens with two attached hydrogens (primary N) is 1. The maximum absolute atomic E-state index is 14.0. The lowest BCUT2D eigenvalue weighted by molar-refractivity contribution is -0.140. The summed E-state index contributed by atoms with van der Waals surface area (Å²) in [5, 5.41) is 15.6. The first-order valence-corrected chi connectivity index (χ1v) is 13.0. The van der Waals surface area contributed by atoms with Crippen molar-refractivity contribution in [3.63, 3.8) is 0 Å². The van der Waals surface area contributed by atoms with Gasteiger partial charge in [0.25, 0.3) is 5.91 Å². The van der Waals surface area contributed by atoms with Crippen LogP contribution in [0.2, 0.25) is 0 Å². The standard InChI is InChI=1S/C30H40N4O6/c1-8-16-34(28(38)22(13-15-24(31)36)32-29(39)40-30(5,6)7)26(21-12-14-23(35)20(4)17-21)27(37)33-25-18(2)10-9-11-19(25)3/h8-12,14,17,22,26,35H,1,13,15-16H2,2-7H3,(H2,31,36)(H,32,39)(H,33,37). The molecule has 4 amide bonds. The Morgan fingerprint density at radius 3 is 2.23 bits per heavy atom. The number of amides is 4. The Kier molecular flexibility index (Phi) is 10.9. The van der Waals surface area contributed by atoms with Crippen molar-refractivity contribution >= 4 is 29.5 Å². The fourth-order valence-electron chi connectivity index (χ4n) is 4.18. The topological polar surface area (TPSA) is 151 Å². The van der Waals surface area contributed by atoms with Crippen molar-refractivity contribution in [2.45, 2.75) is 72.1 Å². The van der Waals surface area contributed by atoms with Crippen LogP contribution in [0.3, 0.4) is 0 Å². The zero-order valence-corrected chi connectivity index (χ0v) is 24.0. The molecular weight excluding hydrogens is 512 g/mol. The molecule has 2 atom stereocenters. The monoisotopic (exact) mass is 552 g/mol. The Balaban J connectivity index is 2.59. The van der Waals surface area contributed by atoms with E-state index >= 15 is 0 Å². The molecule has 2 unspecified atom stereocenters. The van der Waals surface area contributed by atoms with E-state index < -0.39 is 41.5 Å². The number of ether oxygens (including phenoxy) is 1. The minimum atomic E-state index is -1.23. The fourth-order valence-corrected chi connectivity index (χ4v) is 4.18. The molecule has 0 bridgehead atoms. The van der Waals surface area contributed by atoms with Gasteiger partial charge in [0.1, 0.15) is 23.4 Å². The molecule has 0 fully saturated rings. The maximum atomic E-state index is 14.0. The average Bonchev–Trinajstić information content (AvgIpc) is 2.84. The van der Waals surface area contributed by atoms with E-state index in [1.165, 1.54) is 17.0 Å². The van der Waals surface area contributed by atoms with Crippen LogP contribution in [0.25, 0.3) is 0 Å². The van der Waals surface area contributed by atoms with Gasteiger partial charge in [-0.05, 0) is 82.3 Å². The molecule has 0 aromatic heterocycles. The third-order valence-corrected chi connectivity index (χ3v) is 6.10. The number of carbonyl (C=O) groups is 4. The number of nitrogens with one attached hydrogen (secondary N) is 2. The number of primary amides is 1. The normalized spacial score (nSPS) is 12.6. The number of rotatable bonds is 11. The zero-order valence-electron chi connectivity index (χ0n) is 24.0. The molecule has 0 aliphatic carbocycles. The molecule has 0 saturated carbocycles. The van der Waals surface area contributed by atoms with Crippen LogP contribution in [-0.2, 0) is 19.1 Å². The molecule has 2 aromatic carbocycles. The molecule has 0 aliphatic heterocycles. The molecule has 2 rings (SSSR count). The number of phenolic OH excluding ortho intramolecular Hbond substituents is 1. The molecule has 0 spiro atoms. The summed E-state index contributed by atoms with van der Waals surface area (Å²) >= 11 is 0. The number of hydrogen-bond acceptors (Lipinski definition) is 6. The molecule has 5 N–H and O–H groups in total. The van der Waals surface area contributed by atoms with E-state index in [2.05, 4.69) is 17.2 Å². The smallest absolute Gasteiger partial charge is 0.408 e. The van der Waals surface area contributed by atoms with Gasteiger partial charge in [0.05, 0.1) is 0 Å². The first-order chi connectivity index (χ1) is 18.6. The van der Waals surface area contributed by atoms with Crippen LogP contribution in [0.1, 0.15) is 61.9 Å². The number of hydrogen-bond donors (Lipinski definition) is 4. The number of nitrogens with zero attached hydrogens (tertiary/aromatic N) is 1. The van der Waals surface area contributed by atoms with Gasteiger partial charge in [-0.2, -0.15) is 0 Å². The predicted octanol–water partition coefficient (Wildman–Crippen LogP) is 4.17. The van der Waals surface area contributed by atoms with Gasteiger partial charge in [0.15, 0.2) is 0 Å². The maximum Gasteiger partial charge on any atom is 0.408 e. The van der Waals surface area contributed by atoms with Crippen LogP contribution >= 0.6 is 0 Å². The van der Waals surface area contributed by atoms with Gasteiger partial charge in [0.2, 0.25) is 11.8 Å². The van der Waals surface area contributed by atoms with Gasteiger partial charge in [-0.25, -0.2) is 4.79 Å². The lowest BCUT2D eigenvalue weighted by Gasteiger charge is -2.34. The second-order valence-corrected chi connectivity index (χ2v) is 10.7. The first kappa shape index (κ1) is 31.9. The van der Waals surface area contributed by atoms with Crippen LogP contribution in [0.15, 0.2) is 49.1 Å². The third kappa shape index (κ3) is 8.86. The lowest BCUT2D eigenvalue weighted by atomic mass is 9.99. The molecule has 216 valence electrons. The Morgan fingerprint density at radius 1 is 1.07 bits per heavy atom. The van der Waals surface area contributed by atoms with E-state index in [1.54, 1.807) is 39.8 Å². The summed E-state index contributed by atoms with van der Waals surface area (Å²) in [6, 6.07) is 7.81. The SMILES string of the molecule is C=CCN(C(=O)C(CCC(N)=O)NC(=O)OC(C)(C)C)C(C(=O)Nc1c(C)cccc1C)c1ccc(O)c(C)c1. The number of para-hydroxylation sites is 1. The van der Waals surface area contributed by atoms with Crippen LogP contribution in [0.5, 0.6) is 5.75 Å². The van der Waals surface area contributed by atoms with Gasteiger partial charge in [-0.15, -0.1) is 6.58 Å². The number of carbonyl (C=O) groups excluding carboxylic acids is 4.